The first-order valence-corrected chi connectivity index (χ1v) is 16.3. The number of rotatable bonds is 23. The van der Waals surface area contributed by atoms with E-state index in [9.17, 15) is 44.9 Å². The van der Waals surface area contributed by atoms with E-state index >= 15 is 0 Å². The minimum Gasteiger partial charge on any atom is -0.756 e. The Morgan fingerprint density at radius 3 is 1.54 bits per heavy atom. The minimum atomic E-state index is -5.23. The molecule has 0 aliphatic heterocycles. The van der Waals surface area contributed by atoms with Gasteiger partial charge in [0.05, 0.1) is 6.61 Å². The van der Waals surface area contributed by atoms with E-state index in [1.54, 1.807) is 0 Å². The van der Waals surface area contributed by atoms with E-state index in [1.807, 2.05) is 0 Å². The van der Waals surface area contributed by atoms with Crippen LogP contribution in [0.5, 0.6) is 0 Å². The van der Waals surface area contributed by atoms with Gasteiger partial charge in [0.1, 0.15) is 49.3 Å². The number of hydrogen-bond donors (Lipinski definition) is 6. The number of hydrogen-bond acceptors (Lipinski definition) is 12. The third kappa shape index (κ3) is 18.0. The maximum Gasteiger partial charge on any atom is 1.00 e. The van der Waals surface area contributed by atoms with E-state index in [2.05, 4.69) is 16.0 Å². The average molecular weight is 623 g/mol. The Kier molecular flexibility index (Phi) is 23.9. The summed E-state index contributed by atoms with van der Waals surface area (Å²) in [5.41, 5.74) is 0. The molecule has 1 aliphatic carbocycles. The molecule has 0 bridgehead atoms. The number of esters is 1. The van der Waals surface area contributed by atoms with Crippen LogP contribution in [0.3, 0.4) is 0 Å². The largest absolute Gasteiger partial charge is 1.00 e. The molecule has 0 aromatic carbocycles. The van der Waals surface area contributed by atoms with Gasteiger partial charge in [-0.15, -0.1) is 0 Å². The minimum absolute atomic E-state index is 0. The van der Waals surface area contributed by atoms with Gasteiger partial charge in [0.2, 0.25) is 0 Å². The Hall–Kier alpha value is 0.340. The topological polar surface area (TPSA) is 206 Å². The van der Waals surface area contributed by atoms with Gasteiger partial charge in [0.15, 0.2) is 0 Å². The van der Waals surface area contributed by atoms with Gasteiger partial charge < -0.3 is 49.3 Å². The summed E-state index contributed by atoms with van der Waals surface area (Å²) in [6, 6.07) is 0. The molecule has 0 amide bonds. The number of aliphatic hydroxyl groups is 6. The number of carbonyl (C=O) groups is 1. The molecule has 0 aromatic heterocycles. The van der Waals surface area contributed by atoms with Crippen LogP contribution in [0.4, 0.5) is 0 Å². The summed E-state index contributed by atoms with van der Waals surface area (Å²) in [5, 5.41) is 58.4. The van der Waals surface area contributed by atoms with Crippen molar-refractivity contribution in [1.29, 1.82) is 0 Å². The van der Waals surface area contributed by atoms with Gasteiger partial charge in [0, 0.05) is 6.42 Å². The fraction of sp³-hybridized carbons (Fsp3) is 0.963. The predicted molar refractivity (Wildman–Crippen MR) is 145 cm³/mol. The summed E-state index contributed by atoms with van der Waals surface area (Å²) < 4.78 is 26.0. The van der Waals surface area contributed by atoms with Crippen LogP contribution in [0.2, 0.25) is 0 Å². The molecule has 6 N–H and O–H groups in total. The molecular weight excluding hydrogens is 570 g/mol. The summed E-state index contributed by atoms with van der Waals surface area (Å²) in [7, 11) is -5.23. The summed E-state index contributed by atoms with van der Waals surface area (Å²) in [5.74, 6) is -0.523. The Morgan fingerprint density at radius 2 is 1.10 bits per heavy atom. The fourth-order valence-electron chi connectivity index (χ4n) is 4.63. The summed E-state index contributed by atoms with van der Waals surface area (Å²) >= 11 is 0. The molecule has 0 saturated heterocycles. The monoisotopic (exact) mass is 622 g/mol. The molecule has 1 rings (SSSR count). The van der Waals surface area contributed by atoms with E-state index < -0.39 is 69.7 Å². The second kappa shape index (κ2) is 23.7. The summed E-state index contributed by atoms with van der Waals surface area (Å²) in [4.78, 5) is 23.9. The van der Waals surface area contributed by atoms with Crippen LogP contribution in [0.25, 0.3) is 0 Å². The van der Waals surface area contributed by atoms with Gasteiger partial charge in [-0.05, 0) is 6.42 Å². The number of carbonyl (C=O) groups excluding carboxylic acids is 1. The molecule has 12 nitrogen and oxygen atoms in total. The quantitative estimate of drug-likeness (QED) is 0.0346. The molecule has 3 unspecified atom stereocenters. The van der Waals surface area contributed by atoms with Crippen LogP contribution in [0, 0.1) is 0 Å². The first-order valence-electron chi connectivity index (χ1n) is 14.9. The number of ether oxygens (including phenoxy) is 1. The normalized spacial score (nSPS) is 26.6. The molecule has 0 spiro atoms. The van der Waals surface area contributed by atoms with Gasteiger partial charge in [-0.2, -0.15) is 0 Å². The molecule has 1 aliphatic rings. The maximum atomic E-state index is 12.0. The zero-order valence-corrected chi connectivity index (χ0v) is 27.7. The van der Waals surface area contributed by atoms with Crippen molar-refractivity contribution in [1.82, 2.24) is 0 Å². The van der Waals surface area contributed by atoms with Crippen LogP contribution in [0.1, 0.15) is 110 Å². The van der Waals surface area contributed by atoms with Crippen molar-refractivity contribution in [2.24, 2.45) is 0 Å². The molecule has 238 valence electrons. The van der Waals surface area contributed by atoms with Gasteiger partial charge >= 0.3 is 35.5 Å². The van der Waals surface area contributed by atoms with E-state index in [-0.39, 0.29) is 36.0 Å². The molecule has 0 aromatic rings. The smallest absolute Gasteiger partial charge is 0.756 e. The standard InChI is InChI=1S/C27H53O12P.Na/c1-2-3-4-5-6-7-8-9-10-11-12-13-14-15-16-17-21(29)37-18-20(28)19-38-40(35,36)39-27-25(33)23(31)22(30)24(32)26(27)34;/h20,22-28,30-34H,2-19H2,1H3,(H,35,36);/q;+1/p-1/t20-,22?,23-,24+,25-,26-,27?;/m1./s1. The molecule has 14 heteroatoms. The van der Waals surface area contributed by atoms with Crippen molar-refractivity contribution in [2.45, 2.75) is 152 Å². The van der Waals surface area contributed by atoms with E-state index in [4.69, 9.17) is 4.74 Å². The molecule has 0 heterocycles. The van der Waals surface area contributed by atoms with Crippen molar-refractivity contribution < 1.29 is 88.2 Å². The van der Waals surface area contributed by atoms with Crippen LogP contribution < -0.4 is 34.5 Å². The maximum absolute atomic E-state index is 12.0. The molecule has 41 heavy (non-hydrogen) atoms. The Morgan fingerprint density at radius 1 is 0.707 bits per heavy atom. The fourth-order valence-corrected chi connectivity index (χ4v) is 5.59. The predicted octanol–water partition coefficient (Wildman–Crippen LogP) is -1.16. The van der Waals surface area contributed by atoms with Crippen LogP contribution in [-0.2, 0) is 23.1 Å². The molecule has 1 saturated carbocycles. The third-order valence-corrected chi connectivity index (χ3v) is 8.14. The van der Waals surface area contributed by atoms with E-state index in [0.29, 0.717) is 6.42 Å². The zero-order valence-electron chi connectivity index (χ0n) is 24.8. The second-order valence-corrected chi connectivity index (χ2v) is 12.2. The zero-order chi connectivity index (χ0) is 30.0. The molecule has 0 radical (unpaired) electrons. The summed E-state index contributed by atoms with van der Waals surface area (Å²) in [6.45, 7) is 0.897. The number of unbranched alkanes of at least 4 members (excludes halogenated alkanes) is 14. The van der Waals surface area contributed by atoms with Crippen molar-refractivity contribution in [3.8, 4) is 0 Å². The molecule has 1 fully saturated rings. The van der Waals surface area contributed by atoms with Crippen molar-refractivity contribution >= 4 is 13.8 Å². The van der Waals surface area contributed by atoms with Gasteiger partial charge in [-0.3, -0.25) is 9.36 Å². The number of phosphoric acid groups is 1. The van der Waals surface area contributed by atoms with Gasteiger partial charge in [-0.1, -0.05) is 96.8 Å². The summed E-state index contributed by atoms with van der Waals surface area (Å²) in [6.07, 6.45) is 4.90. The van der Waals surface area contributed by atoms with Crippen LogP contribution in [0.15, 0.2) is 0 Å². The van der Waals surface area contributed by atoms with E-state index in [1.165, 1.54) is 70.6 Å². The van der Waals surface area contributed by atoms with Crippen molar-refractivity contribution in [2.75, 3.05) is 13.2 Å². The molecule has 8 atom stereocenters. The Balaban J connectivity index is 0.0000160. The van der Waals surface area contributed by atoms with Gasteiger partial charge in [-0.25, -0.2) is 0 Å². The Bertz CT molecular complexity index is 702. The van der Waals surface area contributed by atoms with Crippen LogP contribution in [-0.4, -0.2) is 92.5 Å². The third-order valence-electron chi connectivity index (χ3n) is 7.17. The first kappa shape index (κ1) is 41.3. The van der Waals surface area contributed by atoms with Crippen molar-refractivity contribution in [3.63, 3.8) is 0 Å². The van der Waals surface area contributed by atoms with Crippen molar-refractivity contribution in [3.05, 3.63) is 0 Å². The second-order valence-electron chi connectivity index (χ2n) is 10.8. The van der Waals surface area contributed by atoms with Gasteiger partial charge in [0.25, 0.3) is 7.82 Å². The first-order chi connectivity index (χ1) is 19.0. The Labute approximate surface area is 266 Å². The van der Waals surface area contributed by atoms with E-state index in [0.717, 1.165) is 19.3 Å². The van der Waals surface area contributed by atoms with Crippen LogP contribution >= 0.6 is 7.82 Å². The number of aliphatic hydroxyl groups excluding tert-OH is 6. The number of phosphoric ester groups is 1. The average Bonchev–Trinajstić information content (AvgIpc) is 2.93. The molecular formula is C27H52NaO12P. The SMILES string of the molecule is CCCCCCCCCCCCCCCCCC(=O)OC[C@@H](O)COP(=O)([O-])OC1[C@H](O)[C@H](O)C(O)[C@H](O)[C@H]1O.[Na+].